The van der Waals surface area contributed by atoms with Gasteiger partial charge in [0.25, 0.3) is 0 Å². The normalized spacial score (nSPS) is 9.42. The van der Waals surface area contributed by atoms with Crippen LogP contribution in [0.25, 0.3) is 0 Å². The van der Waals surface area contributed by atoms with Gasteiger partial charge in [0.1, 0.15) is 0 Å². The Kier molecular flexibility index (Phi) is 23.7. The third-order valence-electron chi connectivity index (χ3n) is 3.62. The van der Waals surface area contributed by atoms with Gasteiger partial charge < -0.3 is 21.7 Å². The predicted molar refractivity (Wildman–Crippen MR) is 137 cm³/mol. The van der Waals surface area contributed by atoms with Crippen molar-refractivity contribution in [2.24, 2.45) is 0 Å². The molecule has 0 bridgehead atoms. The summed E-state index contributed by atoms with van der Waals surface area (Å²) in [5.74, 6) is 0. The molecule has 0 heterocycles. The molecule has 0 saturated carbocycles. The quantitative estimate of drug-likeness (QED) is 0.0916. The molecule has 0 spiro atoms. The third-order valence-corrected chi connectivity index (χ3v) is 6.22. The maximum Gasteiger partial charge on any atom is 1.00 e. The van der Waals surface area contributed by atoms with Crippen molar-refractivity contribution in [3.8, 4) is 0 Å². The number of hydrogen-bond acceptors (Lipinski definition) is 8. The molecule has 4 aromatic rings. The van der Waals surface area contributed by atoms with Crippen molar-refractivity contribution in [3.63, 3.8) is 0 Å². The molecule has 4 rings (SSSR count). The van der Waals surface area contributed by atoms with E-state index >= 15 is 0 Å². The van der Waals surface area contributed by atoms with Crippen molar-refractivity contribution in [2.75, 3.05) is 0 Å². The van der Waals surface area contributed by atoms with E-state index in [1.807, 2.05) is 48.5 Å². The molecule has 0 aliphatic carbocycles. The van der Waals surface area contributed by atoms with Gasteiger partial charge in [-0.05, 0) is 60.7 Å². The Balaban J connectivity index is 0. The van der Waals surface area contributed by atoms with E-state index in [0.717, 1.165) is 9.79 Å². The van der Waals surface area contributed by atoms with Crippen LogP contribution in [0.5, 0.6) is 0 Å². The summed E-state index contributed by atoms with van der Waals surface area (Å²) in [4.78, 5) is 6.88. The minimum Gasteiger partial charge on any atom is -0.780 e. The zero-order valence-electron chi connectivity index (χ0n) is 20.1. The molecule has 0 aliphatic rings. The Morgan fingerprint density at radius 1 is 0.556 bits per heavy atom. The molecular weight excluding hydrogens is 582 g/mol. The molecule has 0 radical (unpaired) electrons. The monoisotopic (exact) mass is 600 g/mol. The van der Waals surface area contributed by atoms with Crippen LogP contribution in [0.2, 0.25) is 0 Å². The van der Waals surface area contributed by atoms with Crippen LogP contribution in [0.4, 0.5) is 0 Å². The van der Waals surface area contributed by atoms with E-state index in [0.29, 0.717) is 0 Å². The van der Waals surface area contributed by atoms with E-state index in [-0.39, 0.29) is 88.7 Å². The van der Waals surface area contributed by atoms with Gasteiger partial charge in [0, 0.05) is 34.9 Å². The first-order valence-corrected chi connectivity index (χ1v) is 13.2. The van der Waals surface area contributed by atoms with Crippen molar-refractivity contribution in [1.82, 2.24) is 0 Å². The molecule has 0 N–H and O–H groups in total. The summed E-state index contributed by atoms with van der Waals surface area (Å²) in [6.45, 7) is 0. The van der Waals surface area contributed by atoms with Crippen LogP contribution in [-0.2, 0) is 23.0 Å². The number of thiol groups is 1. The van der Waals surface area contributed by atoms with E-state index in [4.69, 9.17) is 30.2 Å². The first-order chi connectivity index (χ1) is 15.7. The maximum absolute atomic E-state index is 8.52. The van der Waals surface area contributed by atoms with Gasteiger partial charge in [-0.25, -0.2) is 0 Å². The first kappa shape index (κ1) is 39.2. The van der Waals surface area contributed by atoms with Crippen LogP contribution in [0.1, 0.15) is 0 Å². The van der Waals surface area contributed by atoms with Crippen LogP contribution in [0.15, 0.2) is 139 Å². The van der Waals surface area contributed by atoms with Crippen LogP contribution in [0.3, 0.4) is 0 Å². The predicted octanol–water partition coefficient (Wildman–Crippen LogP) is -2.46. The number of hydrogen-bond donors (Lipinski definition) is 1. The fourth-order valence-corrected chi connectivity index (χ4v) is 4.23. The summed E-state index contributed by atoms with van der Waals surface area (Å²) in [5.41, 5.74) is 0. The van der Waals surface area contributed by atoms with Gasteiger partial charge in [0.05, 0.1) is 0 Å². The standard InChI is InChI=1S/2C12H10S2.3Na.H2O4S/c2*13-10-6-8-12(9-7-10)14-11-4-2-1-3-5-11;;;;1-5(2,3)4/h2*1-9,13H;;;;(H2,1,2,3,4)/q;;3*+1;/p-3. The van der Waals surface area contributed by atoms with E-state index in [9.17, 15) is 0 Å². The first-order valence-electron chi connectivity index (χ1n) is 9.37. The average Bonchev–Trinajstić information content (AvgIpc) is 2.78. The van der Waals surface area contributed by atoms with Crippen molar-refractivity contribution in [3.05, 3.63) is 109 Å². The second-order valence-corrected chi connectivity index (χ2v) is 10.3. The smallest absolute Gasteiger partial charge is 0.780 e. The molecule has 0 amide bonds. The second kappa shape index (κ2) is 21.8. The van der Waals surface area contributed by atoms with Gasteiger partial charge in [-0.2, -0.15) is 4.90 Å². The molecule has 0 atom stereocenters. The Bertz CT molecular complexity index is 1110. The van der Waals surface area contributed by atoms with Crippen molar-refractivity contribution in [2.45, 2.75) is 29.4 Å². The van der Waals surface area contributed by atoms with Crippen LogP contribution < -0.4 is 88.7 Å². The Morgan fingerprint density at radius 2 is 0.833 bits per heavy atom. The summed E-state index contributed by atoms with van der Waals surface area (Å²) in [6, 6.07) is 36.9. The largest absolute Gasteiger partial charge is 1.00 e. The van der Waals surface area contributed by atoms with Gasteiger partial charge in [-0.1, -0.05) is 72.1 Å². The van der Waals surface area contributed by atoms with Crippen molar-refractivity contribution in [1.29, 1.82) is 0 Å². The topological polar surface area (TPSA) is 80.3 Å². The minimum atomic E-state index is -5.17. The molecule has 12 heteroatoms. The second-order valence-electron chi connectivity index (χ2n) is 6.20. The Morgan fingerprint density at radius 3 is 1.17 bits per heavy atom. The van der Waals surface area contributed by atoms with Gasteiger partial charge in [-0.3, -0.25) is 8.42 Å². The summed E-state index contributed by atoms with van der Waals surface area (Å²) < 4.78 is 34.1. The van der Waals surface area contributed by atoms with E-state index < -0.39 is 10.4 Å². The molecule has 0 aromatic heterocycles. The molecule has 0 unspecified atom stereocenters. The SMILES string of the molecule is O=S(=O)([O-])[O-].Sc1ccc(Sc2ccccc2)cc1.[Na+].[Na+].[Na+].[S-]c1ccc(Sc2ccccc2)cc1. The van der Waals surface area contributed by atoms with Crippen molar-refractivity contribution >= 4 is 59.2 Å². The third kappa shape index (κ3) is 20.0. The van der Waals surface area contributed by atoms with Crippen LogP contribution in [-0.4, -0.2) is 17.5 Å². The molecule has 4 nitrogen and oxygen atoms in total. The fourth-order valence-electron chi connectivity index (χ4n) is 2.27. The molecule has 36 heavy (non-hydrogen) atoms. The molecular formula is C24H19Na3O4S5. The minimum absolute atomic E-state index is 0. The average molecular weight is 601 g/mol. The molecule has 0 saturated heterocycles. The molecule has 0 aliphatic heterocycles. The maximum atomic E-state index is 8.52. The van der Waals surface area contributed by atoms with Gasteiger partial charge in [0.15, 0.2) is 0 Å². The van der Waals surface area contributed by atoms with Gasteiger partial charge >= 0.3 is 88.7 Å². The Labute approximate surface area is 299 Å². The fraction of sp³-hybridized carbons (Fsp3) is 0. The molecule has 172 valence electrons. The summed E-state index contributed by atoms with van der Waals surface area (Å²) in [6.07, 6.45) is 0. The summed E-state index contributed by atoms with van der Waals surface area (Å²) >= 11 is 12.8. The van der Waals surface area contributed by atoms with Gasteiger partial charge in [-0.15, -0.1) is 12.6 Å². The van der Waals surface area contributed by atoms with Gasteiger partial charge in [0.2, 0.25) is 0 Å². The summed E-state index contributed by atoms with van der Waals surface area (Å²) in [7, 11) is -5.17. The zero-order chi connectivity index (χ0) is 24.1. The zero-order valence-corrected chi connectivity index (χ0v) is 30.3. The van der Waals surface area contributed by atoms with E-state index in [2.05, 4.69) is 73.3 Å². The number of benzene rings is 4. The Hall–Kier alpha value is 1.02. The number of rotatable bonds is 4. The van der Waals surface area contributed by atoms with Crippen LogP contribution >= 0.6 is 36.2 Å². The van der Waals surface area contributed by atoms with Crippen molar-refractivity contribution < 1.29 is 106 Å². The van der Waals surface area contributed by atoms with E-state index in [1.165, 1.54) is 19.6 Å². The van der Waals surface area contributed by atoms with Crippen LogP contribution in [0, 0.1) is 0 Å². The van der Waals surface area contributed by atoms with E-state index in [1.54, 1.807) is 23.5 Å². The molecule has 0 fully saturated rings. The summed E-state index contributed by atoms with van der Waals surface area (Å²) in [5, 5.41) is 0. The molecule has 4 aromatic carbocycles.